The average molecular weight is 346 g/mol. The number of anilines is 1. The molecule has 0 unspecified atom stereocenters. The first kappa shape index (κ1) is 16.1. The number of ketones is 1. The lowest BCUT2D eigenvalue weighted by molar-refractivity contribution is 0.0972. The number of hydrogen-bond acceptors (Lipinski definition) is 4. The number of nitrogens with zero attached hydrogens (tertiary/aromatic N) is 4. The Bertz CT molecular complexity index is 1170. The van der Waals surface area contributed by atoms with Gasteiger partial charge in [0.05, 0.1) is 23.6 Å². The summed E-state index contributed by atoms with van der Waals surface area (Å²) in [6.07, 6.45) is 3.26. The van der Waals surface area contributed by atoms with Gasteiger partial charge in [-0.1, -0.05) is 12.1 Å². The number of fused-ring (bicyclic) bond motifs is 3. The van der Waals surface area contributed by atoms with E-state index in [-0.39, 0.29) is 17.9 Å². The molecule has 130 valence electrons. The number of hydrogen-bond donors (Lipinski definition) is 0. The van der Waals surface area contributed by atoms with Crippen LogP contribution in [0.1, 0.15) is 10.4 Å². The second-order valence-electron chi connectivity index (χ2n) is 6.39. The van der Waals surface area contributed by atoms with Crippen LogP contribution in [-0.4, -0.2) is 33.8 Å². The van der Waals surface area contributed by atoms with E-state index in [2.05, 4.69) is 4.98 Å². The van der Waals surface area contributed by atoms with Crippen molar-refractivity contribution in [2.75, 3.05) is 19.0 Å². The Kier molecular flexibility index (Phi) is 3.80. The van der Waals surface area contributed by atoms with Crippen LogP contribution in [0.15, 0.2) is 65.8 Å². The van der Waals surface area contributed by atoms with E-state index in [1.807, 2.05) is 53.7 Å². The van der Waals surface area contributed by atoms with E-state index in [0.29, 0.717) is 16.6 Å². The van der Waals surface area contributed by atoms with Crippen molar-refractivity contribution < 1.29 is 4.79 Å². The Balaban J connectivity index is 1.79. The molecule has 2 heterocycles. The molecule has 0 atom stereocenters. The molecule has 0 bridgehead atoms. The van der Waals surface area contributed by atoms with E-state index in [0.717, 1.165) is 11.2 Å². The highest BCUT2D eigenvalue weighted by atomic mass is 16.1. The number of benzene rings is 2. The molecule has 4 rings (SSSR count). The maximum absolute atomic E-state index is 12.9. The third kappa shape index (κ3) is 2.56. The smallest absolute Gasteiger partial charge is 0.262 e. The second-order valence-corrected chi connectivity index (χ2v) is 6.39. The van der Waals surface area contributed by atoms with Gasteiger partial charge in [0.2, 0.25) is 0 Å². The van der Waals surface area contributed by atoms with Crippen LogP contribution < -0.4 is 10.5 Å². The van der Waals surface area contributed by atoms with Crippen molar-refractivity contribution in [2.45, 2.75) is 6.54 Å². The van der Waals surface area contributed by atoms with E-state index in [4.69, 9.17) is 0 Å². The molecule has 0 aliphatic carbocycles. The lowest BCUT2D eigenvalue weighted by atomic mass is 10.1. The first-order valence-electron chi connectivity index (χ1n) is 8.30. The molecule has 26 heavy (non-hydrogen) atoms. The highest BCUT2D eigenvalue weighted by Crippen LogP contribution is 2.16. The topological polar surface area (TPSA) is 59.6 Å². The third-order valence-electron chi connectivity index (χ3n) is 4.54. The van der Waals surface area contributed by atoms with Crippen molar-refractivity contribution >= 4 is 28.0 Å². The van der Waals surface area contributed by atoms with Crippen molar-refractivity contribution in [1.82, 2.24) is 14.0 Å². The van der Waals surface area contributed by atoms with Gasteiger partial charge < -0.3 is 4.90 Å². The van der Waals surface area contributed by atoms with Crippen LogP contribution in [0.3, 0.4) is 0 Å². The fourth-order valence-electron chi connectivity index (χ4n) is 3.12. The summed E-state index contributed by atoms with van der Waals surface area (Å²) in [6.45, 7) is -0.0276. The van der Waals surface area contributed by atoms with Gasteiger partial charge in [-0.3, -0.25) is 18.6 Å². The van der Waals surface area contributed by atoms with E-state index < -0.39 is 0 Å². The van der Waals surface area contributed by atoms with Crippen molar-refractivity contribution in [3.63, 3.8) is 0 Å². The summed E-state index contributed by atoms with van der Waals surface area (Å²) in [5.74, 6) is -0.115. The molecule has 0 N–H and O–H groups in total. The number of imidazole rings is 1. The lowest BCUT2D eigenvalue weighted by Crippen LogP contribution is -2.26. The number of aromatic nitrogens is 3. The Morgan fingerprint density at radius 2 is 1.81 bits per heavy atom. The zero-order valence-corrected chi connectivity index (χ0v) is 14.6. The Hall–Kier alpha value is -3.41. The molecule has 0 saturated carbocycles. The van der Waals surface area contributed by atoms with Gasteiger partial charge in [0.25, 0.3) is 5.56 Å². The van der Waals surface area contributed by atoms with Gasteiger partial charge in [0.1, 0.15) is 12.0 Å². The highest BCUT2D eigenvalue weighted by Gasteiger charge is 2.14. The number of Topliss-reactive ketones (excluding diaryl/α,β-unsaturated/α-hetero) is 1. The van der Waals surface area contributed by atoms with Gasteiger partial charge in [-0.05, 0) is 36.4 Å². The van der Waals surface area contributed by atoms with Gasteiger partial charge in [-0.15, -0.1) is 0 Å². The van der Waals surface area contributed by atoms with E-state index in [1.54, 1.807) is 30.7 Å². The van der Waals surface area contributed by atoms with Crippen molar-refractivity contribution in [3.05, 3.63) is 77.0 Å². The highest BCUT2D eigenvalue weighted by molar-refractivity contribution is 5.96. The predicted octanol–water partition coefficient (Wildman–Crippen LogP) is 2.60. The van der Waals surface area contributed by atoms with Crippen molar-refractivity contribution in [3.8, 4) is 0 Å². The van der Waals surface area contributed by atoms with Crippen molar-refractivity contribution in [2.24, 2.45) is 0 Å². The first-order valence-corrected chi connectivity index (χ1v) is 8.30. The monoisotopic (exact) mass is 346 g/mol. The van der Waals surface area contributed by atoms with Crippen LogP contribution in [0, 0.1) is 0 Å². The van der Waals surface area contributed by atoms with Gasteiger partial charge in [0, 0.05) is 25.3 Å². The molecule has 0 radical (unpaired) electrons. The number of carbonyl (C=O) groups is 1. The minimum Gasteiger partial charge on any atom is -0.378 e. The molecule has 2 aromatic heterocycles. The quantitative estimate of drug-likeness (QED) is 0.533. The number of rotatable bonds is 4. The Morgan fingerprint density at radius 3 is 2.54 bits per heavy atom. The molecule has 0 aliphatic heterocycles. The Morgan fingerprint density at radius 1 is 1.08 bits per heavy atom. The van der Waals surface area contributed by atoms with Crippen LogP contribution in [0.2, 0.25) is 0 Å². The van der Waals surface area contributed by atoms with E-state index >= 15 is 0 Å². The maximum Gasteiger partial charge on any atom is 0.262 e. The first-order chi connectivity index (χ1) is 12.6. The normalized spacial score (nSPS) is 11.2. The summed E-state index contributed by atoms with van der Waals surface area (Å²) in [5.41, 5.74) is 2.79. The van der Waals surface area contributed by atoms with Gasteiger partial charge in [-0.25, -0.2) is 4.98 Å². The molecule has 6 heteroatoms. The summed E-state index contributed by atoms with van der Waals surface area (Å²) in [7, 11) is 3.89. The van der Waals surface area contributed by atoms with Gasteiger partial charge in [-0.2, -0.15) is 0 Å². The summed E-state index contributed by atoms with van der Waals surface area (Å²) < 4.78 is 3.32. The molecule has 4 aromatic rings. The SMILES string of the molecule is CN(C)c1ccc(C(=O)Cn2c(=O)c3ccccc3n3cncc23)cc1. The Labute approximate surface area is 149 Å². The van der Waals surface area contributed by atoms with E-state index in [9.17, 15) is 9.59 Å². The minimum absolute atomic E-state index is 0.0276. The lowest BCUT2D eigenvalue weighted by Gasteiger charge is -2.13. The molecule has 0 fully saturated rings. The maximum atomic E-state index is 12.9. The predicted molar refractivity (Wildman–Crippen MR) is 102 cm³/mol. The molecule has 0 aliphatic rings. The van der Waals surface area contributed by atoms with Crippen molar-refractivity contribution in [1.29, 1.82) is 0 Å². The van der Waals surface area contributed by atoms with Crippen LogP contribution in [0.25, 0.3) is 16.6 Å². The molecule has 0 amide bonds. The van der Waals surface area contributed by atoms with Gasteiger partial charge in [0.15, 0.2) is 5.78 Å². The second kappa shape index (κ2) is 6.15. The summed E-state index contributed by atoms with van der Waals surface area (Å²) >= 11 is 0. The zero-order valence-electron chi connectivity index (χ0n) is 14.6. The van der Waals surface area contributed by atoms with Gasteiger partial charge >= 0.3 is 0 Å². The standard InChI is InChI=1S/C20H18N4O2/c1-22(2)15-9-7-14(8-10-15)18(25)12-23-19-11-21-13-24(19)17-6-4-3-5-16(17)20(23)26/h3-11,13H,12H2,1-2H3. The summed E-state index contributed by atoms with van der Waals surface area (Å²) in [6, 6.07) is 14.7. The molecular formula is C20H18N4O2. The molecular weight excluding hydrogens is 328 g/mol. The summed E-state index contributed by atoms with van der Waals surface area (Å²) in [4.78, 5) is 31.8. The molecule has 2 aromatic carbocycles. The van der Waals surface area contributed by atoms with E-state index in [1.165, 1.54) is 4.57 Å². The molecule has 0 spiro atoms. The van der Waals surface area contributed by atoms with Crippen LogP contribution >= 0.6 is 0 Å². The fourth-order valence-corrected chi connectivity index (χ4v) is 3.12. The number of para-hydroxylation sites is 1. The largest absolute Gasteiger partial charge is 0.378 e. The third-order valence-corrected chi connectivity index (χ3v) is 4.54. The average Bonchev–Trinajstić information content (AvgIpc) is 3.15. The fraction of sp³-hybridized carbons (Fsp3) is 0.150. The summed E-state index contributed by atoms with van der Waals surface area (Å²) in [5, 5.41) is 0.564. The molecule has 6 nitrogen and oxygen atoms in total. The molecule has 0 saturated heterocycles. The van der Waals surface area contributed by atoms with Crippen LogP contribution in [0.4, 0.5) is 5.69 Å². The number of carbonyl (C=O) groups excluding carboxylic acids is 1. The zero-order chi connectivity index (χ0) is 18.3. The van der Waals surface area contributed by atoms with Crippen LogP contribution in [-0.2, 0) is 6.54 Å². The van der Waals surface area contributed by atoms with Crippen LogP contribution in [0.5, 0.6) is 0 Å². The minimum atomic E-state index is -0.188.